The molecule has 1 nitrogen and oxygen atoms in total. The van der Waals surface area contributed by atoms with Crippen LogP contribution >= 0.6 is 0 Å². The van der Waals surface area contributed by atoms with Crippen LogP contribution in [0.1, 0.15) is 50.7 Å². The van der Waals surface area contributed by atoms with E-state index in [1.54, 1.807) is 0 Å². The number of nitrogens with zero attached hydrogens (tertiary/aromatic N) is 1. The zero-order chi connectivity index (χ0) is 13.0. The van der Waals surface area contributed by atoms with Crippen LogP contribution in [0.2, 0.25) is 0 Å². The minimum Gasteiger partial charge on any atom is -0.198 e. The molecular formula is C17H23N. The molecule has 0 bridgehead atoms. The summed E-state index contributed by atoms with van der Waals surface area (Å²) in [4.78, 5) is 0. The van der Waals surface area contributed by atoms with E-state index in [1.807, 2.05) is 0 Å². The summed E-state index contributed by atoms with van der Waals surface area (Å²) >= 11 is 0. The second kappa shape index (κ2) is 5.57. The van der Waals surface area contributed by atoms with Crippen LogP contribution in [0.15, 0.2) is 24.3 Å². The molecule has 2 unspecified atom stereocenters. The van der Waals surface area contributed by atoms with Gasteiger partial charge in [-0.3, -0.25) is 0 Å². The van der Waals surface area contributed by atoms with Gasteiger partial charge < -0.3 is 0 Å². The van der Waals surface area contributed by atoms with Crippen molar-refractivity contribution in [1.29, 1.82) is 5.26 Å². The molecule has 0 heterocycles. The molecule has 96 valence electrons. The lowest BCUT2D eigenvalue weighted by Crippen LogP contribution is -2.18. The smallest absolute Gasteiger partial charge is 0.0693 e. The predicted octanol–water partition coefficient (Wildman–Crippen LogP) is 4.51. The van der Waals surface area contributed by atoms with Gasteiger partial charge in [-0.1, -0.05) is 44.5 Å². The summed E-state index contributed by atoms with van der Waals surface area (Å²) in [5.74, 6) is 0.763. The summed E-state index contributed by atoms with van der Waals surface area (Å²) in [6.07, 6.45) is 6.65. The van der Waals surface area contributed by atoms with Crippen LogP contribution in [-0.4, -0.2) is 0 Å². The summed E-state index contributed by atoms with van der Waals surface area (Å²) in [5, 5.41) is 9.54. The number of nitriles is 1. The van der Waals surface area contributed by atoms with E-state index in [0.29, 0.717) is 0 Å². The van der Waals surface area contributed by atoms with Gasteiger partial charge in [-0.25, -0.2) is 0 Å². The molecule has 1 fully saturated rings. The molecule has 1 aliphatic carbocycles. The molecule has 0 N–H and O–H groups in total. The fourth-order valence-corrected chi connectivity index (χ4v) is 3.17. The van der Waals surface area contributed by atoms with Gasteiger partial charge >= 0.3 is 0 Å². The Morgan fingerprint density at radius 1 is 1.22 bits per heavy atom. The molecule has 0 aromatic heterocycles. The normalized spacial score (nSPS) is 27.1. The van der Waals surface area contributed by atoms with Crippen molar-refractivity contribution in [3.05, 3.63) is 35.4 Å². The Morgan fingerprint density at radius 2 is 1.89 bits per heavy atom. The summed E-state index contributed by atoms with van der Waals surface area (Å²) in [6, 6.07) is 11.4. The van der Waals surface area contributed by atoms with E-state index in [4.69, 9.17) is 0 Å². The Labute approximate surface area is 111 Å². The third-order valence-electron chi connectivity index (χ3n) is 4.50. The Kier molecular flexibility index (Phi) is 4.07. The van der Waals surface area contributed by atoms with Crippen molar-refractivity contribution in [2.24, 2.45) is 11.3 Å². The maximum atomic E-state index is 9.54. The molecule has 2 rings (SSSR count). The van der Waals surface area contributed by atoms with Crippen LogP contribution in [0.3, 0.4) is 0 Å². The van der Waals surface area contributed by atoms with Gasteiger partial charge in [0.2, 0.25) is 0 Å². The summed E-state index contributed by atoms with van der Waals surface area (Å²) in [7, 11) is 0. The van der Waals surface area contributed by atoms with Gasteiger partial charge in [0.15, 0.2) is 0 Å². The molecule has 0 saturated heterocycles. The van der Waals surface area contributed by atoms with Gasteiger partial charge in [0.05, 0.1) is 11.5 Å². The summed E-state index contributed by atoms with van der Waals surface area (Å²) in [6.45, 7) is 4.42. The molecule has 1 aliphatic rings. The molecule has 1 saturated carbocycles. The van der Waals surface area contributed by atoms with Crippen LogP contribution < -0.4 is 0 Å². The zero-order valence-electron chi connectivity index (χ0n) is 11.6. The summed E-state index contributed by atoms with van der Waals surface area (Å²) < 4.78 is 0. The molecule has 1 aromatic rings. The first-order valence-corrected chi connectivity index (χ1v) is 7.20. The minimum absolute atomic E-state index is 0.0889. The molecule has 18 heavy (non-hydrogen) atoms. The van der Waals surface area contributed by atoms with E-state index in [9.17, 15) is 5.26 Å². The van der Waals surface area contributed by atoms with Gasteiger partial charge in [-0.2, -0.15) is 5.26 Å². The number of benzene rings is 1. The molecule has 1 aromatic carbocycles. The molecule has 2 atom stereocenters. The van der Waals surface area contributed by atoms with Crippen molar-refractivity contribution in [2.45, 2.75) is 52.4 Å². The van der Waals surface area contributed by atoms with Crippen molar-refractivity contribution < 1.29 is 0 Å². The lowest BCUT2D eigenvalue weighted by Gasteiger charge is -2.21. The first-order valence-electron chi connectivity index (χ1n) is 7.20. The number of rotatable bonds is 4. The van der Waals surface area contributed by atoms with Crippen molar-refractivity contribution in [3.63, 3.8) is 0 Å². The number of hydrogen-bond acceptors (Lipinski definition) is 1. The van der Waals surface area contributed by atoms with Gasteiger partial charge in [0.25, 0.3) is 0 Å². The van der Waals surface area contributed by atoms with Gasteiger partial charge in [-0.05, 0) is 49.1 Å². The fourth-order valence-electron chi connectivity index (χ4n) is 3.17. The minimum atomic E-state index is -0.0889. The molecule has 1 heteroatoms. The van der Waals surface area contributed by atoms with Crippen molar-refractivity contribution in [1.82, 2.24) is 0 Å². The SMILES string of the molecule is CCc1ccc(CC2(C#N)CCC(CC)C2)cc1. The second-order valence-corrected chi connectivity index (χ2v) is 5.76. The highest BCUT2D eigenvalue weighted by molar-refractivity contribution is 5.25. The topological polar surface area (TPSA) is 23.8 Å². The standard InChI is InChI=1S/C17H23N/c1-3-14-5-7-16(8-6-14)12-17(13-18)10-9-15(4-2)11-17/h5-8,15H,3-4,9-12H2,1-2H3. The van der Waals surface area contributed by atoms with Crippen LogP contribution in [0.4, 0.5) is 0 Å². The molecule has 0 spiro atoms. The van der Waals surface area contributed by atoms with Gasteiger partial charge in [-0.15, -0.1) is 0 Å². The van der Waals surface area contributed by atoms with Crippen molar-refractivity contribution >= 4 is 0 Å². The monoisotopic (exact) mass is 241 g/mol. The van der Waals surface area contributed by atoms with Crippen LogP contribution in [0, 0.1) is 22.7 Å². The van der Waals surface area contributed by atoms with Gasteiger partial charge in [0, 0.05) is 0 Å². The average Bonchev–Trinajstić information content (AvgIpc) is 2.84. The third-order valence-corrected chi connectivity index (χ3v) is 4.50. The maximum Gasteiger partial charge on any atom is 0.0693 e. The molecule has 0 radical (unpaired) electrons. The Balaban J connectivity index is 2.09. The highest BCUT2D eigenvalue weighted by Gasteiger charge is 2.38. The Bertz CT molecular complexity index is 426. The maximum absolute atomic E-state index is 9.54. The number of aryl methyl sites for hydroxylation is 1. The van der Waals surface area contributed by atoms with E-state index in [1.165, 1.54) is 24.0 Å². The van der Waals surface area contributed by atoms with Crippen LogP contribution in [0.5, 0.6) is 0 Å². The highest BCUT2D eigenvalue weighted by Crippen LogP contribution is 2.44. The zero-order valence-corrected chi connectivity index (χ0v) is 11.6. The molecular weight excluding hydrogens is 218 g/mol. The third kappa shape index (κ3) is 2.75. The van der Waals surface area contributed by atoms with E-state index >= 15 is 0 Å². The average molecular weight is 241 g/mol. The Hall–Kier alpha value is -1.29. The van der Waals surface area contributed by atoms with E-state index in [2.05, 4.69) is 44.2 Å². The van der Waals surface area contributed by atoms with Crippen LogP contribution in [0.25, 0.3) is 0 Å². The first-order chi connectivity index (χ1) is 8.71. The quantitative estimate of drug-likeness (QED) is 0.760. The lowest BCUT2D eigenvalue weighted by atomic mass is 9.80. The molecule has 0 aliphatic heterocycles. The van der Waals surface area contributed by atoms with E-state index in [0.717, 1.165) is 31.6 Å². The Morgan fingerprint density at radius 3 is 2.39 bits per heavy atom. The number of hydrogen-bond donors (Lipinski definition) is 0. The largest absolute Gasteiger partial charge is 0.198 e. The lowest BCUT2D eigenvalue weighted by molar-refractivity contribution is 0.381. The summed E-state index contributed by atoms with van der Waals surface area (Å²) in [5.41, 5.74) is 2.61. The predicted molar refractivity (Wildman–Crippen MR) is 75.2 cm³/mol. The second-order valence-electron chi connectivity index (χ2n) is 5.76. The van der Waals surface area contributed by atoms with E-state index < -0.39 is 0 Å². The molecule has 0 amide bonds. The van der Waals surface area contributed by atoms with Crippen molar-refractivity contribution in [2.75, 3.05) is 0 Å². The first kappa shape index (κ1) is 13.1. The fraction of sp³-hybridized carbons (Fsp3) is 0.588. The van der Waals surface area contributed by atoms with Gasteiger partial charge in [0.1, 0.15) is 0 Å². The van der Waals surface area contributed by atoms with Crippen molar-refractivity contribution in [3.8, 4) is 6.07 Å². The van der Waals surface area contributed by atoms with Crippen LogP contribution in [-0.2, 0) is 12.8 Å². The highest BCUT2D eigenvalue weighted by atomic mass is 14.4. The van der Waals surface area contributed by atoms with E-state index in [-0.39, 0.29) is 5.41 Å².